The van der Waals surface area contributed by atoms with E-state index in [0.717, 1.165) is 35.9 Å². The van der Waals surface area contributed by atoms with Crippen molar-refractivity contribution in [1.82, 2.24) is 4.57 Å². The highest BCUT2D eigenvalue weighted by Gasteiger charge is 2.09. The Balaban J connectivity index is 2.16. The normalized spacial score (nSPS) is 12.2. The maximum atomic E-state index is 11.6. The summed E-state index contributed by atoms with van der Waals surface area (Å²) in [6.45, 7) is 9.14. The summed E-state index contributed by atoms with van der Waals surface area (Å²) < 4.78 is 8.13. The summed E-state index contributed by atoms with van der Waals surface area (Å²) in [5.74, 6) is 1.50. The molecule has 24 heavy (non-hydrogen) atoms. The summed E-state index contributed by atoms with van der Waals surface area (Å²) in [6, 6.07) is 11.4. The molecular formula is C21H29NO2. The monoisotopic (exact) mass is 327 g/mol. The highest BCUT2D eigenvalue weighted by Crippen LogP contribution is 2.21. The van der Waals surface area contributed by atoms with Crippen molar-refractivity contribution in [2.75, 3.05) is 6.61 Å². The molecule has 3 heteroatoms. The molecule has 0 aliphatic heterocycles. The van der Waals surface area contributed by atoms with Crippen LogP contribution in [0.3, 0.4) is 0 Å². The van der Waals surface area contributed by atoms with E-state index in [9.17, 15) is 4.79 Å². The van der Waals surface area contributed by atoms with Gasteiger partial charge in [-0.3, -0.25) is 4.79 Å². The number of aryl methyl sites for hydroxylation is 2. The Morgan fingerprint density at radius 1 is 1.08 bits per heavy atom. The average Bonchev–Trinajstić information content (AvgIpc) is 2.54. The molecule has 0 fully saturated rings. The van der Waals surface area contributed by atoms with Crippen LogP contribution < -0.4 is 10.2 Å². The van der Waals surface area contributed by atoms with Gasteiger partial charge in [0.1, 0.15) is 5.75 Å². The highest BCUT2D eigenvalue weighted by molar-refractivity contribution is 5.42. The standard InChI is InChI=1S/C21H29NO2/c1-5-7-9-18(6-2)15-24-21-11-8-10-19(14-21)22-16(3)12-20(23)13-17(22)4/h8,10-14,18H,5-7,9,15H2,1-4H3. The second kappa shape index (κ2) is 8.72. The number of unbranched alkanes of at least 4 members (excludes halogenated alkanes) is 1. The van der Waals surface area contributed by atoms with E-state index < -0.39 is 0 Å². The van der Waals surface area contributed by atoms with Crippen LogP contribution in [-0.2, 0) is 0 Å². The van der Waals surface area contributed by atoms with Crippen LogP contribution in [-0.4, -0.2) is 11.2 Å². The fourth-order valence-electron chi connectivity index (χ4n) is 3.09. The van der Waals surface area contributed by atoms with Crippen LogP contribution in [0, 0.1) is 19.8 Å². The van der Waals surface area contributed by atoms with Gasteiger partial charge in [-0.2, -0.15) is 0 Å². The van der Waals surface area contributed by atoms with Crippen LogP contribution in [0.1, 0.15) is 50.9 Å². The van der Waals surface area contributed by atoms with Crippen molar-refractivity contribution in [3.63, 3.8) is 0 Å². The van der Waals surface area contributed by atoms with E-state index in [2.05, 4.69) is 24.5 Å². The lowest BCUT2D eigenvalue weighted by Gasteiger charge is -2.18. The molecular weight excluding hydrogens is 298 g/mol. The molecule has 130 valence electrons. The van der Waals surface area contributed by atoms with Gasteiger partial charge in [0.15, 0.2) is 5.43 Å². The van der Waals surface area contributed by atoms with Gasteiger partial charge < -0.3 is 9.30 Å². The zero-order valence-corrected chi connectivity index (χ0v) is 15.3. The van der Waals surface area contributed by atoms with Crippen LogP contribution in [0.15, 0.2) is 41.2 Å². The molecule has 0 radical (unpaired) electrons. The minimum atomic E-state index is 0.0513. The minimum Gasteiger partial charge on any atom is -0.493 e. The van der Waals surface area contributed by atoms with Crippen LogP contribution in [0.4, 0.5) is 0 Å². The van der Waals surface area contributed by atoms with E-state index in [1.54, 1.807) is 12.1 Å². The van der Waals surface area contributed by atoms with Crippen LogP contribution >= 0.6 is 0 Å². The molecule has 2 aromatic rings. The van der Waals surface area contributed by atoms with Crippen LogP contribution in [0.5, 0.6) is 5.75 Å². The molecule has 0 bridgehead atoms. The molecule has 1 heterocycles. The van der Waals surface area contributed by atoms with E-state index in [0.29, 0.717) is 5.92 Å². The summed E-state index contributed by atoms with van der Waals surface area (Å²) >= 11 is 0. The quantitative estimate of drug-likeness (QED) is 0.679. The van der Waals surface area contributed by atoms with Gasteiger partial charge >= 0.3 is 0 Å². The topological polar surface area (TPSA) is 31.2 Å². The molecule has 1 aromatic carbocycles. The molecule has 0 amide bonds. The van der Waals surface area contributed by atoms with Crippen LogP contribution in [0.2, 0.25) is 0 Å². The van der Waals surface area contributed by atoms with Crippen LogP contribution in [0.25, 0.3) is 5.69 Å². The van der Waals surface area contributed by atoms with E-state index >= 15 is 0 Å². The first-order chi connectivity index (χ1) is 11.5. The van der Waals surface area contributed by atoms with Gasteiger partial charge in [-0.15, -0.1) is 0 Å². The van der Waals surface area contributed by atoms with Gasteiger partial charge in [-0.05, 0) is 38.3 Å². The predicted molar refractivity (Wildman–Crippen MR) is 100 cm³/mol. The largest absolute Gasteiger partial charge is 0.493 e. The zero-order chi connectivity index (χ0) is 17.5. The van der Waals surface area contributed by atoms with Crippen molar-refractivity contribution in [2.24, 2.45) is 5.92 Å². The Morgan fingerprint density at radius 3 is 2.42 bits per heavy atom. The second-order valence-electron chi connectivity index (χ2n) is 6.53. The van der Waals surface area contributed by atoms with Crippen molar-refractivity contribution >= 4 is 0 Å². The fraction of sp³-hybridized carbons (Fsp3) is 0.476. The van der Waals surface area contributed by atoms with Gasteiger partial charge in [-0.25, -0.2) is 0 Å². The Kier molecular flexibility index (Phi) is 6.65. The first-order valence-corrected chi connectivity index (χ1v) is 8.98. The molecule has 2 rings (SSSR count). The zero-order valence-electron chi connectivity index (χ0n) is 15.3. The number of nitrogens with zero attached hydrogens (tertiary/aromatic N) is 1. The van der Waals surface area contributed by atoms with Crippen molar-refractivity contribution in [2.45, 2.75) is 53.4 Å². The number of rotatable bonds is 8. The third kappa shape index (κ3) is 4.73. The molecule has 0 saturated heterocycles. The van der Waals surface area contributed by atoms with E-state index in [4.69, 9.17) is 4.74 Å². The maximum Gasteiger partial charge on any atom is 0.182 e. The van der Waals surface area contributed by atoms with E-state index in [1.807, 2.05) is 32.0 Å². The molecule has 0 saturated carbocycles. The average molecular weight is 327 g/mol. The molecule has 1 atom stereocenters. The smallest absolute Gasteiger partial charge is 0.182 e. The first-order valence-electron chi connectivity index (χ1n) is 8.98. The molecule has 0 aliphatic carbocycles. The lowest BCUT2D eigenvalue weighted by atomic mass is 10.0. The third-order valence-corrected chi connectivity index (χ3v) is 4.51. The SMILES string of the molecule is CCCCC(CC)COc1cccc(-n2c(C)cc(=O)cc2C)c1. The van der Waals surface area contributed by atoms with Crippen molar-refractivity contribution < 1.29 is 4.74 Å². The first kappa shape index (κ1) is 18.3. The molecule has 1 aromatic heterocycles. The highest BCUT2D eigenvalue weighted by atomic mass is 16.5. The summed E-state index contributed by atoms with van der Waals surface area (Å²) in [6.07, 6.45) is 4.87. The second-order valence-corrected chi connectivity index (χ2v) is 6.53. The number of benzene rings is 1. The Labute approximate surface area is 145 Å². The number of hydrogen-bond donors (Lipinski definition) is 0. The van der Waals surface area contributed by atoms with Crippen molar-refractivity contribution in [1.29, 1.82) is 0 Å². The third-order valence-electron chi connectivity index (χ3n) is 4.51. The van der Waals surface area contributed by atoms with Gasteiger partial charge in [0.2, 0.25) is 0 Å². The molecule has 3 nitrogen and oxygen atoms in total. The molecule has 0 aliphatic rings. The Hall–Kier alpha value is -2.03. The van der Waals surface area contributed by atoms with Gasteiger partial charge in [-0.1, -0.05) is 39.2 Å². The van der Waals surface area contributed by atoms with Gasteiger partial charge in [0, 0.05) is 35.3 Å². The molecule has 0 N–H and O–H groups in total. The van der Waals surface area contributed by atoms with E-state index in [-0.39, 0.29) is 5.43 Å². The maximum absolute atomic E-state index is 11.6. The number of ether oxygens (including phenoxy) is 1. The van der Waals surface area contributed by atoms with Crippen molar-refractivity contribution in [3.05, 3.63) is 58.0 Å². The summed E-state index contributed by atoms with van der Waals surface area (Å²) in [5.41, 5.74) is 2.96. The number of pyridine rings is 1. The Bertz CT molecular complexity index is 692. The number of hydrogen-bond acceptors (Lipinski definition) is 2. The van der Waals surface area contributed by atoms with Crippen molar-refractivity contribution in [3.8, 4) is 11.4 Å². The summed E-state index contributed by atoms with van der Waals surface area (Å²) in [5, 5.41) is 0. The molecule has 0 spiro atoms. The predicted octanol–water partition coefficient (Wildman–Crippen LogP) is 5.05. The van der Waals surface area contributed by atoms with E-state index in [1.165, 1.54) is 19.3 Å². The fourth-order valence-corrected chi connectivity index (χ4v) is 3.09. The lowest BCUT2D eigenvalue weighted by Crippen LogP contribution is -2.13. The molecule has 1 unspecified atom stereocenters. The van der Waals surface area contributed by atoms with Gasteiger partial charge in [0.05, 0.1) is 6.61 Å². The Morgan fingerprint density at radius 2 is 1.79 bits per heavy atom. The summed E-state index contributed by atoms with van der Waals surface area (Å²) in [7, 11) is 0. The lowest BCUT2D eigenvalue weighted by molar-refractivity contribution is 0.233. The summed E-state index contributed by atoms with van der Waals surface area (Å²) in [4.78, 5) is 11.6. The number of aromatic nitrogens is 1. The van der Waals surface area contributed by atoms with Gasteiger partial charge in [0.25, 0.3) is 0 Å². The minimum absolute atomic E-state index is 0.0513.